The van der Waals surface area contributed by atoms with Crippen LogP contribution < -0.4 is 5.56 Å². The van der Waals surface area contributed by atoms with Crippen LogP contribution in [0.5, 0.6) is 0 Å². The number of carbonyl (C=O) groups is 1. The predicted molar refractivity (Wildman–Crippen MR) is 128 cm³/mol. The molecule has 1 amide bonds. The summed E-state index contributed by atoms with van der Waals surface area (Å²) < 4.78 is 15.8. The number of amides is 1. The molecule has 32 heavy (non-hydrogen) atoms. The second-order valence-electron chi connectivity index (χ2n) is 7.29. The van der Waals surface area contributed by atoms with E-state index in [1.54, 1.807) is 30.0 Å². The lowest BCUT2D eigenvalue weighted by Gasteiger charge is -2.21. The molecule has 0 fully saturated rings. The van der Waals surface area contributed by atoms with Crippen molar-refractivity contribution in [3.8, 4) is 5.69 Å². The molecule has 0 aliphatic heterocycles. The highest BCUT2D eigenvalue weighted by atomic mass is 32.2. The van der Waals surface area contributed by atoms with Crippen molar-refractivity contribution in [1.82, 2.24) is 14.5 Å². The average Bonchev–Trinajstić information content (AvgIpc) is 3.27. The highest BCUT2D eigenvalue weighted by Crippen LogP contribution is 2.25. The molecule has 2 aromatic heterocycles. The van der Waals surface area contributed by atoms with Crippen LogP contribution in [0.3, 0.4) is 0 Å². The number of thiophene rings is 1. The minimum absolute atomic E-state index is 0.0390. The number of halogens is 1. The molecule has 0 aliphatic carbocycles. The maximum atomic E-state index is 13.8. The van der Waals surface area contributed by atoms with Gasteiger partial charge in [0.05, 0.1) is 17.0 Å². The van der Waals surface area contributed by atoms with Crippen LogP contribution in [0.1, 0.15) is 18.1 Å². The van der Waals surface area contributed by atoms with Gasteiger partial charge in [0.25, 0.3) is 5.56 Å². The minimum atomic E-state index is -0.337. The summed E-state index contributed by atoms with van der Waals surface area (Å²) in [6.07, 6.45) is 0. The van der Waals surface area contributed by atoms with Gasteiger partial charge in [0.2, 0.25) is 5.91 Å². The molecule has 164 valence electrons. The standard InChI is InChI=1S/C24H22FN3O2S2/c1-3-27(14-17-7-5-4-6-8-17)21(29)15-32-24-26-20-11-12-31-22(20)23(30)28(24)18-9-10-19(25)16(2)13-18/h4-13H,3,14-15H2,1-2H3. The Balaban J connectivity index is 1.64. The van der Waals surface area contributed by atoms with Gasteiger partial charge in [-0.05, 0) is 54.6 Å². The van der Waals surface area contributed by atoms with Crippen molar-refractivity contribution < 1.29 is 9.18 Å². The Hall–Kier alpha value is -2.97. The first-order valence-corrected chi connectivity index (χ1v) is 12.1. The largest absolute Gasteiger partial charge is 0.338 e. The molecule has 0 N–H and O–H groups in total. The van der Waals surface area contributed by atoms with Crippen LogP contribution in [0.15, 0.2) is 69.9 Å². The summed E-state index contributed by atoms with van der Waals surface area (Å²) in [5.74, 6) is -0.234. The topological polar surface area (TPSA) is 55.2 Å². The second-order valence-corrected chi connectivity index (χ2v) is 9.14. The van der Waals surface area contributed by atoms with Crippen LogP contribution in [-0.2, 0) is 11.3 Å². The lowest BCUT2D eigenvalue weighted by molar-refractivity contribution is -0.128. The van der Waals surface area contributed by atoms with Gasteiger partial charge in [-0.25, -0.2) is 9.37 Å². The molecule has 4 rings (SSSR count). The Morgan fingerprint density at radius 3 is 2.69 bits per heavy atom. The van der Waals surface area contributed by atoms with Gasteiger partial charge in [-0.15, -0.1) is 11.3 Å². The van der Waals surface area contributed by atoms with Crippen LogP contribution in [0, 0.1) is 12.7 Å². The predicted octanol–water partition coefficient (Wildman–Crippen LogP) is 5.04. The molecule has 5 nitrogen and oxygen atoms in total. The minimum Gasteiger partial charge on any atom is -0.338 e. The molecule has 0 atom stereocenters. The third-order valence-corrected chi connectivity index (χ3v) is 6.94. The van der Waals surface area contributed by atoms with Gasteiger partial charge in [-0.1, -0.05) is 42.1 Å². The monoisotopic (exact) mass is 467 g/mol. The summed E-state index contributed by atoms with van der Waals surface area (Å²) in [4.78, 5) is 32.6. The molecular formula is C24H22FN3O2S2. The Kier molecular flexibility index (Phi) is 6.72. The average molecular weight is 468 g/mol. The SMILES string of the molecule is CCN(Cc1ccccc1)C(=O)CSc1nc2ccsc2c(=O)n1-c1ccc(F)c(C)c1. The number of hydrogen-bond acceptors (Lipinski definition) is 5. The van der Waals surface area contributed by atoms with Crippen LogP contribution in [0.2, 0.25) is 0 Å². The van der Waals surface area contributed by atoms with E-state index >= 15 is 0 Å². The first-order chi connectivity index (χ1) is 15.5. The van der Waals surface area contributed by atoms with Gasteiger partial charge >= 0.3 is 0 Å². The first kappa shape index (κ1) is 22.2. The number of aryl methyl sites for hydroxylation is 1. The van der Waals surface area contributed by atoms with Crippen molar-refractivity contribution in [2.75, 3.05) is 12.3 Å². The lowest BCUT2D eigenvalue weighted by atomic mass is 10.2. The maximum absolute atomic E-state index is 13.8. The quantitative estimate of drug-likeness (QED) is 0.282. The van der Waals surface area contributed by atoms with E-state index < -0.39 is 0 Å². The van der Waals surface area contributed by atoms with E-state index in [2.05, 4.69) is 4.98 Å². The number of rotatable bonds is 7. The van der Waals surface area contributed by atoms with Crippen molar-refractivity contribution >= 4 is 39.2 Å². The van der Waals surface area contributed by atoms with Gasteiger partial charge in [0.15, 0.2) is 5.16 Å². The number of thioether (sulfide) groups is 1. The number of fused-ring (bicyclic) bond motifs is 1. The molecule has 0 aliphatic rings. The third-order valence-electron chi connectivity index (χ3n) is 5.12. The molecule has 0 unspecified atom stereocenters. The summed E-state index contributed by atoms with van der Waals surface area (Å²) >= 11 is 2.54. The van der Waals surface area contributed by atoms with E-state index in [1.165, 1.54) is 33.7 Å². The number of nitrogens with zero attached hydrogens (tertiary/aromatic N) is 3. The molecule has 0 saturated heterocycles. The van der Waals surface area contributed by atoms with Crippen molar-refractivity contribution in [2.45, 2.75) is 25.5 Å². The van der Waals surface area contributed by atoms with Crippen LogP contribution in [0.25, 0.3) is 15.9 Å². The number of benzene rings is 2. The fourth-order valence-corrected chi connectivity index (χ4v) is 5.06. The van der Waals surface area contributed by atoms with Crippen LogP contribution in [-0.4, -0.2) is 32.7 Å². The summed E-state index contributed by atoms with van der Waals surface area (Å²) in [5, 5.41) is 2.23. The number of carbonyl (C=O) groups excluding carboxylic acids is 1. The van der Waals surface area contributed by atoms with Crippen molar-refractivity contribution in [3.63, 3.8) is 0 Å². The van der Waals surface area contributed by atoms with Gasteiger partial charge < -0.3 is 4.90 Å². The fourth-order valence-electron chi connectivity index (χ4n) is 3.38. The molecule has 0 bridgehead atoms. The molecule has 0 radical (unpaired) electrons. The zero-order chi connectivity index (χ0) is 22.7. The highest BCUT2D eigenvalue weighted by Gasteiger charge is 2.18. The molecule has 2 heterocycles. The molecule has 0 saturated carbocycles. The van der Waals surface area contributed by atoms with Crippen molar-refractivity contribution in [2.24, 2.45) is 0 Å². The van der Waals surface area contributed by atoms with Crippen molar-refractivity contribution in [1.29, 1.82) is 0 Å². The van der Waals surface area contributed by atoms with E-state index in [0.29, 0.717) is 39.7 Å². The van der Waals surface area contributed by atoms with E-state index in [0.717, 1.165) is 5.56 Å². The lowest BCUT2D eigenvalue weighted by Crippen LogP contribution is -2.32. The van der Waals surface area contributed by atoms with E-state index in [-0.39, 0.29) is 23.0 Å². The first-order valence-electron chi connectivity index (χ1n) is 10.2. The number of hydrogen-bond donors (Lipinski definition) is 0. The molecular weight excluding hydrogens is 445 g/mol. The molecule has 0 spiro atoms. The normalized spacial score (nSPS) is 11.1. The van der Waals surface area contributed by atoms with Gasteiger partial charge in [-0.2, -0.15) is 0 Å². The Bertz CT molecular complexity index is 1320. The Morgan fingerprint density at radius 2 is 1.97 bits per heavy atom. The second kappa shape index (κ2) is 9.67. The molecule has 2 aromatic carbocycles. The van der Waals surface area contributed by atoms with E-state index in [9.17, 15) is 14.0 Å². The van der Waals surface area contributed by atoms with Gasteiger partial charge in [-0.3, -0.25) is 14.2 Å². The van der Waals surface area contributed by atoms with Crippen molar-refractivity contribution in [3.05, 3.63) is 87.3 Å². The summed E-state index contributed by atoms with van der Waals surface area (Å²) in [6, 6.07) is 16.1. The fraction of sp³-hybridized carbons (Fsp3) is 0.208. The summed E-state index contributed by atoms with van der Waals surface area (Å²) in [5.41, 5.74) is 2.41. The Labute approximate surface area is 193 Å². The van der Waals surface area contributed by atoms with Crippen LogP contribution >= 0.6 is 23.1 Å². The van der Waals surface area contributed by atoms with E-state index in [4.69, 9.17) is 0 Å². The zero-order valence-corrected chi connectivity index (χ0v) is 19.4. The smallest absolute Gasteiger partial charge is 0.276 e. The summed E-state index contributed by atoms with van der Waals surface area (Å²) in [7, 11) is 0. The van der Waals surface area contributed by atoms with E-state index in [1.807, 2.05) is 42.6 Å². The molecule has 4 aromatic rings. The number of aromatic nitrogens is 2. The Morgan fingerprint density at radius 1 is 1.19 bits per heavy atom. The third kappa shape index (κ3) is 4.61. The highest BCUT2D eigenvalue weighted by molar-refractivity contribution is 7.99. The zero-order valence-electron chi connectivity index (χ0n) is 17.7. The van der Waals surface area contributed by atoms with Crippen LogP contribution in [0.4, 0.5) is 4.39 Å². The maximum Gasteiger partial charge on any atom is 0.276 e. The van der Waals surface area contributed by atoms with Gasteiger partial charge in [0, 0.05) is 13.1 Å². The van der Waals surface area contributed by atoms with Gasteiger partial charge in [0.1, 0.15) is 10.5 Å². The molecule has 8 heteroatoms. The summed E-state index contributed by atoms with van der Waals surface area (Å²) in [6.45, 7) is 4.70.